The first-order chi connectivity index (χ1) is 18.0. The summed E-state index contributed by atoms with van der Waals surface area (Å²) in [4.78, 5) is 0.328. The monoisotopic (exact) mass is 615 g/mol. The standard InChI is InChI=1S/C23H23ClF5N3O5S2/c1-13(2)38(33,34)15-6-8-16(9-7-15)39(35,36)32-18-5-3-4-17(24)20(18)21(30-32)31-11-10-14(37-22(25)26)12-19(31)23(27,28)29/h3-9,13-14,19,22H,10-12H2,1-2H3. The minimum absolute atomic E-state index is 0.0748. The summed E-state index contributed by atoms with van der Waals surface area (Å²) in [5, 5.41) is 3.13. The maximum atomic E-state index is 14.1. The molecular formula is C23H23ClF5N3O5S2. The van der Waals surface area contributed by atoms with Crippen LogP contribution < -0.4 is 4.90 Å². The van der Waals surface area contributed by atoms with Crippen LogP contribution in [0.4, 0.5) is 27.8 Å². The third-order valence-electron chi connectivity index (χ3n) is 6.40. The summed E-state index contributed by atoms with van der Waals surface area (Å²) in [6, 6.07) is 6.12. The Morgan fingerprint density at radius 2 is 1.64 bits per heavy atom. The second-order valence-corrected chi connectivity index (χ2v) is 13.8. The molecule has 39 heavy (non-hydrogen) atoms. The number of aromatic nitrogens is 2. The van der Waals surface area contributed by atoms with Gasteiger partial charge in [-0.15, -0.1) is 5.10 Å². The Morgan fingerprint density at radius 3 is 2.21 bits per heavy atom. The zero-order valence-corrected chi connectivity index (χ0v) is 22.8. The van der Waals surface area contributed by atoms with Gasteiger partial charge in [0.1, 0.15) is 6.04 Å². The third kappa shape index (κ3) is 5.58. The summed E-state index contributed by atoms with van der Waals surface area (Å²) in [5.41, 5.74) is -0.122. The van der Waals surface area contributed by atoms with E-state index in [1.165, 1.54) is 32.0 Å². The van der Waals surface area contributed by atoms with Gasteiger partial charge in [-0.05, 0) is 56.7 Å². The van der Waals surface area contributed by atoms with Crippen molar-refractivity contribution in [3.63, 3.8) is 0 Å². The zero-order chi connectivity index (χ0) is 28.9. The fourth-order valence-corrected chi connectivity index (χ4v) is 7.00. The first-order valence-corrected chi connectivity index (χ1v) is 15.0. The summed E-state index contributed by atoms with van der Waals surface area (Å²) in [7, 11) is -8.23. The highest BCUT2D eigenvalue weighted by Gasteiger charge is 2.49. The highest BCUT2D eigenvalue weighted by molar-refractivity contribution is 7.92. The summed E-state index contributed by atoms with van der Waals surface area (Å²) < 4.78 is 124. The Hall–Kier alpha value is -2.49. The first-order valence-electron chi connectivity index (χ1n) is 11.6. The molecule has 4 rings (SSSR count). The summed E-state index contributed by atoms with van der Waals surface area (Å²) in [5.74, 6) is -0.393. The molecule has 0 amide bonds. The van der Waals surface area contributed by atoms with Gasteiger partial charge in [0.15, 0.2) is 15.7 Å². The van der Waals surface area contributed by atoms with E-state index in [1.807, 2.05) is 0 Å². The van der Waals surface area contributed by atoms with Crippen LogP contribution in [0.1, 0.15) is 26.7 Å². The summed E-state index contributed by atoms with van der Waals surface area (Å²) >= 11 is 6.30. The van der Waals surface area contributed by atoms with Crippen LogP contribution in [-0.4, -0.2) is 62.7 Å². The molecule has 1 saturated heterocycles. The molecule has 3 aromatic rings. The molecule has 8 nitrogen and oxygen atoms in total. The maximum Gasteiger partial charge on any atom is 0.408 e. The van der Waals surface area contributed by atoms with Crippen LogP contribution in [0.25, 0.3) is 10.9 Å². The number of ether oxygens (including phenoxy) is 1. The molecule has 2 heterocycles. The molecule has 214 valence electrons. The number of anilines is 1. The number of hydrogen-bond donors (Lipinski definition) is 0. The van der Waals surface area contributed by atoms with Gasteiger partial charge in [-0.3, -0.25) is 0 Å². The van der Waals surface area contributed by atoms with Crippen LogP contribution >= 0.6 is 11.6 Å². The number of sulfone groups is 1. The quantitative estimate of drug-likeness (QED) is 0.335. The summed E-state index contributed by atoms with van der Waals surface area (Å²) in [6.45, 7) is -0.729. The minimum atomic E-state index is -4.89. The number of halogens is 6. The Balaban J connectivity index is 1.83. The van der Waals surface area contributed by atoms with Crippen LogP contribution in [0.3, 0.4) is 0 Å². The predicted octanol–water partition coefficient (Wildman–Crippen LogP) is 5.25. The van der Waals surface area contributed by atoms with E-state index in [4.69, 9.17) is 11.6 Å². The van der Waals surface area contributed by atoms with E-state index in [2.05, 4.69) is 9.84 Å². The molecule has 2 aromatic carbocycles. The lowest BCUT2D eigenvalue weighted by Crippen LogP contribution is -2.53. The fourth-order valence-electron chi connectivity index (χ4n) is 4.41. The number of hydrogen-bond acceptors (Lipinski definition) is 7. The molecule has 2 atom stereocenters. The second-order valence-electron chi connectivity index (χ2n) is 9.16. The Labute approximate surface area is 226 Å². The Bertz CT molecular complexity index is 1580. The number of benzene rings is 2. The number of alkyl halides is 5. The zero-order valence-electron chi connectivity index (χ0n) is 20.4. The van der Waals surface area contributed by atoms with Gasteiger partial charge in [-0.25, -0.2) is 8.42 Å². The lowest BCUT2D eigenvalue weighted by molar-refractivity contribution is -0.195. The van der Waals surface area contributed by atoms with Crippen molar-refractivity contribution in [1.82, 2.24) is 9.19 Å². The van der Waals surface area contributed by atoms with Crippen LogP contribution in [0.15, 0.2) is 52.3 Å². The summed E-state index contributed by atoms with van der Waals surface area (Å²) in [6.07, 6.45) is -7.29. The van der Waals surface area contributed by atoms with Gasteiger partial charge in [0.25, 0.3) is 10.0 Å². The topological polar surface area (TPSA) is 98.6 Å². The molecule has 1 aliphatic rings. The van der Waals surface area contributed by atoms with Crippen LogP contribution in [0.2, 0.25) is 5.02 Å². The van der Waals surface area contributed by atoms with Crippen molar-refractivity contribution < 1.29 is 43.5 Å². The van der Waals surface area contributed by atoms with E-state index in [1.54, 1.807) is 0 Å². The molecular weight excluding hydrogens is 593 g/mol. The molecule has 0 aliphatic carbocycles. The second kappa shape index (κ2) is 10.5. The average Bonchev–Trinajstić information content (AvgIpc) is 3.25. The molecule has 0 radical (unpaired) electrons. The largest absolute Gasteiger partial charge is 0.408 e. The lowest BCUT2D eigenvalue weighted by Gasteiger charge is -2.40. The fraction of sp³-hybridized carbons (Fsp3) is 0.435. The smallest absolute Gasteiger partial charge is 0.342 e. The van der Waals surface area contributed by atoms with Crippen LogP contribution in [0, 0.1) is 0 Å². The van der Waals surface area contributed by atoms with Crippen molar-refractivity contribution in [3.8, 4) is 0 Å². The molecule has 0 saturated carbocycles. The van der Waals surface area contributed by atoms with Gasteiger partial charge in [0, 0.05) is 13.0 Å². The predicted molar refractivity (Wildman–Crippen MR) is 133 cm³/mol. The van der Waals surface area contributed by atoms with E-state index in [0.29, 0.717) is 4.09 Å². The molecule has 1 fully saturated rings. The molecule has 2 unspecified atom stereocenters. The minimum Gasteiger partial charge on any atom is -0.342 e. The van der Waals surface area contributed by atoms with Gasteiger partial charge in [-0.1, -0.05) is 17.7 Å². The van der Waals surface area contributed by atoms with Crippen molar-refractivity contribution in [2.75, 3.05) is 11.4 Å². The van der Waals surface area contributed by atoms with E-state index < -0.39 is 68.8 Å². The number of rotatable bonds is 7. The van der Waals surface area contributed by atoms with Gasteiger partial charge in [0.05, 0.1) is 37.1 Å². The molecule has 0 bridgehead atoms. The van der Waals surface area contributed by atoms with Crippen LogP contribution in [-0.2, 0) is 24.6 Å². The number of piperidine rings is 1. The third-order valence-corrected chi connectivity index (χ3v) is 10.5. The van der Waals surface area contributed by atoms with Crippen LogP contribution in [0.5, 0.6) is 0 Å². The van der Waals surface area contributed by atoms with Gasteiger partial charge in [0.2, 0.25) is 0 Å². The maximum absolute atomic E-state index is 14.1. The highest BCUT2D eigenvalue weighted by atomic mass is 35.5. The van der Waals surface area contributed by atoms with Gasteiger partial charge in [-0.2, -0.15) is 34.5 Å². The molecule has 0 spiro atoms. The average molecular weight is 616 g/mol. The van der Waals surface area contributed by atoms with Crippen molar-refractivity contribution in [1.29, 1.82) is 0 Å². The van der Waals surface area contributed by atoms with E-state index in [-0.39, 0.29) is 32.1 Å². The Kier molecular flexibility index (Phi) is 7.93. The first kappa shape index (κ1) is 29.5. The van der Waals surface area contributed by atoms with Crippen molar-refractivity contribution in [2.24, 2.45) is 0 Å². The highest BCUT2D eigenvalue weighted by Crippen LogP contribution is 2.41. The van der Waals surface area contributed by atoms with Crippen molar-refractivity contribution in [3.05, 3.63) is 47.5 Å². The van der Waals surface area contributed by atoms with Crippen molar-refractivity contribution >= 4 is 48.2 Å². The van der Waals surface area contributed by atoms with Gasteiger partial charge >= 0.3 is 12.8 Å². The normalized spacial score (nSPS) is 19.4. The Morgan fingerprint density at radius 1 is 1.03 bits per heavy atom. The van der Waals surface area contributed by atoms with E-state index in [0.717, 1.165) is 29.2 Å². The van der Waals surface area contributed by atoms with Gasteiger partial charge < -0.3 is 9.64 Å². The number of fused-ring (bicyclic) bond motifs is 1. The molecule has 1 aliphatic heterocycles. The SMILES string of the molecule is CC(C)S(=O)(=O)c1ccc(S(=O)(=O)n2nc(N3CCC(OC(F)F)CC3C(F)(F)F)c3c(Cl)cccc32)cc1. The van der Waals surface area contributed by atoms with E-state index >= 15 is 0 Å². The van der Waals surface area contributed by atoms with E-state index in [9.17, 15) is 38.8 Å². The lowest BCUT2D eigenvalue weighted by atomic mass is 9.98. The molecule has 1 aromatic heterocycles. The molecule has 0 N–H and O–H groups in total. The molecule has 16 heteroatoms. The number of nitrogens with zero attached hydrogens (tertiary/aromatic N) is 3. The van der Waals surface area contributed by atoms with Crippen molar-refractivity contribution in [2.45, 2.75) is 66.7 Å².